The number of nitrogens with one attached hydrogen (secondary N) is 2. The molecule has 0 unspecified atom stereocenters. The summed E-state index contributed by atoms with van der Waals surface area (Å²) in [6.45, 7) is 6.01. The van der Waals surface area contributed by atoms with E-state index in [1.807, 2.05) is 39.0 Å². The van der Waals surface area contributed by atoms with Gasteiger partial charge < -0.3 is 9.47 Å². The molecule has 0 aliphatic rings. The van der Waals surface area contributed by atoms with Gasteiger partial charge in [-0.2, -0.15) is 0 Å². The van der Waals surface area contributed by atoms with Gasteiger partial charge in [-0.3, -0.25) is 20.4 Å². The molecule has 2 aromatic rings. The van der Waals surface area contributed by atoms with Gasteiger partial charge in [0, 0.05) is 5.56 Å². The molecule has 0 aliphatic carbocycles. The number of rotatable bonds is 6. The molecule has 0 spiro atoms. The van der Waals surface area contributed by atoms with Crippen LogP contribution in [0.3, 0.4) is 0 Å². The fourth-order valence-electron chi connectivity index (χ4n) is 2.29. The maximum Gasteiger partial charge on any atom is 0.276 e. The lowest BCUT2D eigenvalue weighted by Crippen LogP contribution is -2.43. The van der Waals surface area contributed by atoms with Gasteiger partial charge in [-0.1, -0.05) is 24.3 Å². The topological polar surface area (TPSA) is 76.7 Å². The monoisotopic (exact) mass is 342 g/mol. The summed E-state index contributed by atoms with van der Waals surface area (Å²) in [7, 11) is 0. The minimum absolute atomic E-state index is 0.190. The Kier molecular flexibility index (Phi) is 6.39. The number of ether oxygens (including phenoxy) is 2. The van der Waals surface area contributed by atoms with Crippen molar-refractivity contribution in [1.82, 2.24) is 10.9 Å². The van der Waals surface area contributed by atoms with Gasteiger partial charge >= 0.3 is 0 Å². The average molecular weight is 342 g/mol. The Morgan fingerprint density at radius 3 is 2.32 bits per heavy atom. The van der Waals surface area contributed by atoms with E-state index >= 15 is 0 Å². The van der Waals surface area contributed by atoms with E-state index in [9.17, 15) is 9.59 Å². The van der Waals surface area contributed by atoms with E-state index in [1.165, 1.54) is 0 Å². The molecule has 6 heteroatoms. The lowest BCUT2D eigenvalue weighted by Gasteiger charge is -2.12. The second-order valence-corrected chi connectivity index (χ2v) is 5.47. The molecule has 2 aromatic carbocycles. The minimum atomic E-state index is -0.447. The van der Waals surface area contributed by atoms with Crippen LogP contribution in [0.1, 0.15) is 28.4 Å². The largest absolute Gasteiger partial charge is 0.494 e. The van der Waals surface area contributed by atoms with E-state index in [1.54, 1.807) is 24.3 Å². The molecule has 0 radical (unpaired) electrons. The quantitative estimate of drug-likeness (QED) is 0.791. The Balaban J connectivity index is 1.85. The number of hydrazine groups is 1. The van der Waals surface area contributed by atoms with Crippen LogP contribution in [0.2, 0.25) is 0 Å². The first-order chi connectivity index (χ1) is 12.0. The number of amides is 2. The van der Waals surface area contributed by atoms with E-state index in [0.717, 1.165) is 11.1 Å². The molecular weight excluding hydrogens is 320 g/mol. The highest BCUT2D eigenvalue weighted by Gasteiger charge is 2.10. The summed E-state index contributed by atoms with van der Waals surface area (Å²) in [5, 5.41) is 0. The molecule has 132 valence electrons. The van der Waals surface area contributed by atoms with Crippen molar-refractivity contribution in [2.24, 2.45) is 0 Å². The van der Waals surface area contributed by atoms with Crippen molar-refractivity contribution in [3.8, 4) is 11.5 Å². The SMILES string of the molecule is CCOc1cccc(C(=O)NNC(=O)COc2c(C)cccc2C)c1. The van der Waals surface area contributed by atoms with Crippen LogP contribution in [0.15, 0.2) is 42.5 Å². The highest BCUT2D eigenvalue weighted by Crippen LogP contribution is 2.21. The summed E-state index contributed by atoms with van der Waals surface area (Å²) in [6.07, 6.45) is 0. The molecule has 0 saturated carbocycles. The number of hydrogen-bond acceptors (Lipinski definition) is 4. The van der Waals surface area contributed by atoms with Crippen LogP contribution in [0.4, 0.5) is 0 Å². The molecule has 0 aromatic heterocycles. The Hall–Kier alpha value is -3.02. The summed E-state index contributed by atoms with van der Waals surface area (Å²) in [4.78, 5) is 23.9. The molecule has 25 heavy (non-hydrogen) atoms. The van der Waals surface area contributed by atoms with Crippen LogP contribution in [0, 0.1) is 13.8 Å². The normalized spacial score (nSPS) is 10.0. The van der Waals surface area contributed by atoms with Crippen LogP contribution in [-0.4, -0.2) is 25.0 Å². The van der Waals surface area contributed by atoms with Gasteiger partial charge in [0.1, 0.15) is 11.5 Å². The van der Waals surface area contributed by atoms with E-state index in [-0.39, 0.29) is 6.61 Å². The summed E-state index contributed by atoms with van der Waals surface area (Å²) in [6, 6.07) is 12.5. The highest BCUT2D eigenvalue weighted by molar-refractivity contribution is 5.95. The smallest absolute Gasteiger partial charge is 0.276 e. The summed E-state index contributed by atoms with van der Waals surface area (Å²) < 4.78 is 10.9. The zero-order valence-electron chi connectivity index (χ0n) is 14.6. The van der Waals surface area contributed by atoms with Gasteiger partial charge in [-0.25, -0.2) is 0 Å². The molecule has 6 nitrogen and oxygen atoms in total. The molecular formula is C19H22N2O4. The van der Waals surface area contributed by atoms with Crippen LogP contribution >= 0.6 is 0 Å². The maximum atomic E-state index is 12.1. The molecule has 0 fully saturated rings. The molecule has 0 saturated heterocycles. The first-order valence-electron chi connectivity index (χ1n) is 8.02. The first-order valence-corrected chi connectivity index (χ1v) is 8.02. The van der Waals surface area contributed by atoms with Crippen molar-refractivity contribution in [3.05, 3.63) is 59.2 Å². The van der Waals surface area contributed by atoms with Gasteiger partial charge in [0.2, 0.25) is 0 Å². The predicted octanol–water partition coefficient (Wildman–Crippen LogP) is 2.54. The van der Waals surface area contributed by atoms with Crippen LogP contribution < -0.4 is 20.3 Å². The molecule has 2 amide bonds. The van der Waals surface area contributed by atoms with Crippen molar-refractivity contribution in [3.63, 3.8) is 0 Å². The highest BCUT2D eigenvalue weighted by atomic mass is 16.5. The van der Waals surface area contributed by atoms with Gasteiger partial charge in [0.25, 0.3) is 11.8 Å². The second-order valence-electron chi connectivity index (χ2n) is 5.47. The van der Waals surface area contributed by atoms with E-state index in [4.69, 9.17) is 9.47 Å². The van der Waals surface area contributed by atoms with Crippen molar-refractivity contribution in [1.29, 1.82) is 0 Å². The van der Waals surface area contributed by atoms with E-state index in [2.05, 4.69) is 10.9 Å². The third-order valence-corrected chi connectivity index (χ3v) is 3.48. The van der Waals surface area contributed by atoms with Gasteiger partial charge in [-0.05, 0) is 50.1 Å². The third-order valence-electron chi connectivity index (χ3n) is 3.48. The lowest BCUT2D eigenvalue weighted by atomic mass is 10.1. The fraction of sp³-hybridized carbons (Fsp3) is 0.263. The molecule has 2 rings (SSSR count). The standard InChI is InChI=1S/C19H22N2O4/c1-4-24-16-10-6-9-15(11-16)19(23)21-20-17(22)12-25-18-13(2)7-5-8-14(18)3/h5-11H,4,12H2,1-3H3,(H,20,22)(H,21,23). The van der Waals surface area contributed by atoms with Crippen molar-refractivity contribution >= 4 is 11.8 Å². The molecule has 0 aliphatic heterocycles. The zero-order valence-corrected chi connectivity index (χ0v) is 14.6. The number of carbonyl (C=O) groups excluding carboxylic acids is 2. The molecule has 0 bridgehead atoms. The summed E-state index contributed by atoms with van der Waals surface area (Å²) >= 11 is 0. The molecule has 0 heterocycles. The molecule has 2 N–H and O–H groups in total. The number of carbonyl (C=O) groups is 2. The fourth-order valence-corrected chi connectivity index (χ4v) is 2.29. The Morgan fingerprint density at radius 2 is 1.64 bits per heavy atom. The van der Waals surface area contributed by atoms with E-state index < -0.39 is 11.8 Å². The Morgan fingerprint density at radius 1 is 0.960 bits per heavy atom. The Bertz CT molecular complexity index is 739. The van der Waals surface area contributed by atoms with Crippen molar-refractivity contribution in [2.45, 2.75) is 20.8 Å². The van der Waals surface area contributed by atoms with Crippen LogP contribution in [0.25, 0.3) is 0 Å². The van der Waals surface area contributed by atoms with Crippen molar-refractivity contribution in [2.75, 3.05) is 13.2 Å². The summed E-state index contributed by atoms with van der Waals surface area (Å²) in [5.41, 5.74) is 6.98. The zero-order chi connectivity index (χ0) is 18.2. The number of benzene rings is 2. The average Bonchev–Trinajstić information content (AvgIpc) is 2.60. The van der Waals surface area contributed by atoms with Gasteiger partial charge in [0.15, 0.2) is 6.61 Å². The third kappa shape index (κ3) is 5.24. The Labute approximate surface area is 147 Å². The van der Waals surface area contributed by atoms with Crippen LogP contribution in [-0.2, 0) is 4.79 Å². The number of aryl methyl sites for hydroxylation is 2. The lowest BCUT2D eigenvalue weighted by molar-refractivity contribution is -0.123. The first kappa shape index (κ1) is 18.3. The number of para-hydroxylation sites is 1. The second kappa shape index (κ2) is 8.73. The van der Waals surface area contributed by atoms with Crippen LogP contribution in [0.5, 0.6) is 11.5 Å². The minimum Gasteiger partial charge on any atom is -0.494 e. The van der Waals surface area contributed by atoms with Gasteiger partial charge in [-0.15, -0.1) is 0 Å². The predicted molar refractivity (Wildman–Crippen MR) is 94.6 cm³/mol. The maximum absolute atomic E-state index is 12.1. The van der Waals surface area contributed by atoms with E-state index in [0.29, 0.717) is 23.7 Å². The van der Waals surface area contributed by atoms with Crippen molar-refractivity contribution < 1.29 is 19.1 Å². The summed E-state index contributed by atoms with van der Waals surface area (Å²) in [5.74, 6) is 0.396. The number of hydrogen-bond donors (Lipinski definition) is 2. The van der Waals surface area contributed by atoms with Gasteiger partial charge in [0.05, 0.1) is 6.61 Å². The molecule has 0 atom stereocenters.